The van der Waals surface area contributed by atoms with Crippen LogP contribution in [0.4, 0.5) is 0 Å². The van der Waals surface area contributed by atoms with Crippen LogP contribution in [0.25, 0.3) is 0 Å². The summed E-state index contributed by atoms with van der Waals surface area (Å²) in [7, 11) is 0. The molecular formula is C7H10Fe2O2. The van der Waals surface area contributed by atoms with E-state index in [0.29, 0.717) is 0 Å². The first kappa shape index (κ1) is 17.3. The number of carbonyl (C=O) groups excluding carboxylic acids is 2. The van der Waals surface area contributed by atoms with Gasteiger partial charge < -0.3 is 13.8 Å². The summed E-state index contributed by atoms with van der Waals surface area (Å²) in [4.78, 5) is 19.6. The molecule has 0 unspecified atom stereocenters. The smallest absolute Gasteiger partial charge is 0.108 e. The molecule has 0 aromatic heterocycles. The minimum atomic E-state index is 1.03. The molecule has 0 spiro atoms. The Balaban J connectivity index is -0.0000000933. The molecule has 0 rings (SSSR count). The van der Waals surface area contributed by atoms with Gasteiger partial charge in [0.15, 0.2) is 0 Å². The van der Waals surface area contributed by atoms with Gasteiger partial charge in [0.25, 0.3) is 0 Å². The minimum absolute atomic E-state index is 1.03. The Morgan fingerprint density at radius 2 is 1.18 bits per heavy atom. The van der Waals surface area contributed by atoms with Crippen LogP contribution in [-0.2, 0) is 40.7 Å². The Bertz CT molecular complexity index is 97.6. The fraction of sp³-hybridized carbons (Fsp3) is 0.429. The van der Waals surface area contributed by atoms with Crippen LogP contribution in [-0.4, -0.2) is 9.57 Å². The molecule has 0 aliphatic rings. The molecule has 4 heteroatoms. The Morgan fingerprint density at radius 3 is 1.18 bits per heavy atom. The second-order valence-electron chi connectivity index (χ2n) is 1.20. The zero-order valence-corrected chi connectivity index (χ0v) is 8.27. The van der Waals surface area contributed by atoms with E-state index in [1.807, 2.05) is 0 Å². The summed E-state index contributed by atoms with van der Waals surface area (Å²) in [6.45, 7) is 7.27. The van der Waals surface area contributed by atoms with Crippen molar-refractivity contribution in [3.05, 3.63) is 13.8 Å². The second-order valence-corrected chi connectivity index (χ2v) is 1.66. The number of rotatable bonds is 2. The van der Waals surface area contributed by atoms with Gasteiger partial charge in [-0.05, 0) is 0 Å². The molecule has 0 aromatic carbocycles. The molecule has 0 aromatic rings. The van der Waals surface area contributed by atoms with Crippen molar-refractivity contribution in [2.75, 3.05) is 0 Å². The molecule has 66 valence electrons. The summed E-state index contributed by atoms with van der Waals surface area (Å²) in [6.07, 6.45) is 3.23. The molecule has 0 fully saturated rings. The standard InChI is InChI=1S/C5H10.2CO.2Fe/c1-3-5-4-2;2*1-2;;/h1-5H2;;;;/q-2;;;2*+1. The zero-order chi connectivity index (χ0) is 9.54. The molecule has 0 radical (unpaired) electrons. The molecule has 0 heterocycles. The fourth-order valence-electron chi connectivity index (χ4n) is 0.177. The molecule has 11 heavy (non-hydrogen) atoms. The van der Waals surface area contributed by atoms with E-state index in [0.717, 1.165) is 12.8 Å². The van der Waals surface area contributed by atoms with Crippen LogP contribution < -0.4 is 0 Å². The van der Waals surface area contributed by atoms with Gasteiger partial charge in [-0.2, -0.15) is 12.8 Å². The Labute approximate surface area is 83.5 Å². The molecule has 0 saturated heterocycles. The average molecular weight is 238 g/mol. The second kappa shape index (κ2) is 31.9. The van der Waals surface area contributed by atoms with Crippen LogP contribution in [0.1, 0.15) is 19.3 Å². The number of hydrogen-bond donors (Lipinski definition) is 0. The fourth-order valence-corrected chi connectivity index (χ4v) is 0.177. The summed E-state index contributed by atoms with van der Waals surface area (Å²) in [6, 6.07) is 0. The van der Waals surface area contributed by atoms with Gasteiger partial charge in [-0.3, -0.25) is 0 Å². The van der Waals surface area contributed by atoms with Crippen LogP contribution in [0.5, 0.6) is 0 Å². The minimum Gasteiger partial charge on any atom is -0.343 e. The van der Waals surface area contributed by atoms with Gasteiger partial charge in [-0.1, -0.05) is 0 Å². The normalized spacial score (nSPS) is 5.27. The maximum atomic E-state index is 8.57. The van der Waals surface area contributed by atoms with Gasteiger partial charge in [0, 0.05) is 0 Å². The van der Waals surface area contributed by atoms with Gasteiger partial charge in [0.05, 0.1) is 0 Å². The van der Waals surface area contributed by atoms with E-state index in [-0.39, 0.29) is 0 Å². The predicted octanol–water partition coefficient (Wildman–Crippen LogP) is 1.03. The summed E-state index contributed by atoms with van der Waals surface area (Å²) >= 11 is 5.36. The van der Waals surface area contributed by atoms with Crippen molar-refractivity contribution in [3.8, 4) is 0 Å². The zero-order valence-electron chi connectivity index (χ0n) is 6.06. The first-order valence-electron chi connectivity index (χ1n) is 2.76. The third kappa shape index (κ3) is 142. The van der Waals surface area contributed by atoms with Crippen molar-refractivity contribution in [2.24, 2.45) is 0 Å². The van der Waals surface area contributed by atoms with Gasteiger partial charge >= 0.3 is 50.3 Å². The average Bonchev–Trinajstić information content (AvgIpc) is 1.92. The molecule has 0 amide bonds. The molecule has 0 bridgehead atoms. The molecule has 0 aliphatic heterocycles. The van der Waals surface area contributed by atoms with E-state index in [2.05, 4.69) is 45.0 Å². The van der Waals surface area contributed by atoms with Crippen LogP contribution in [0.2, 0.25) is 0 Å². The van der Waals surface area contributed by atoms with E-state index in [4.69, 9.17) is 9.59 Å². The number of hydrogen-bond acceptors (Lipinski definition) is 2. The van der Waals surface area contributed by atoms with Gasteiger partial charge in [0.2, 0.25) is 0 Å². The SMILES string of the molecule is O=[C]=[Fe+].O=[C]=[Fe+].[CH2-]CCC[CH2-]. The van der Waals surface area contributed by atoms with Crippen molar-refractivity contribution in [2.45, 2.75) is 19.3 Å². The largest absolute Gasteiger partial charge is 0.343 e. The Hall–Kier alpha value is 0.199. The molecular weight excluding hydrogens is 228 g/mol. The van der Waals surface area contributed by atoms with E-state index >= 15 is 0 Å². The van der Waals surface area contributed by atoms with E-state index in [1.165, 1.54) is 16.0 Å². The van der Waals surface area contributed by atoms with Crippen LogP contribution in [0.15, 0.2) is 0 Å². The maximum Gasteiger partial charge on any atom is -0.108 e. The third-order valence-corrected chi connectivity index (χ3v) is 0.500. The summed E-state index contributed by atoms with van der Waals surface area (Å²) < 4.78 is 0. The topological polar surface area (TPSA) is 34.1 Å². The van der Waals surface area contributed by atoms with Crippen molar-refractivity contribution in [1.82, 2.24) is 0 Å². The number of unbranched alkanes of at least 4 members (excludes halogenated alkanes) is 2. The van der Waals surface area contributed by atoms with Crippen molar-refractivity contribution >= 4 is 9.57 Å². The summed E-state index contributed by atoms with van der Waals surface area (Å²) in [5, 5.41) is 0. The monoisotopic (exact) mass is 238 g/mol. The first-order valence-corrected chi connectivity index (χ1v) is 3.87. The van der Waals surface area contributed by atoms with Crippen molar-refractivity contribution in [1.29, 1.82) is 0 Å². The van der Waals surface area contributed by atoms with E-state index in [1.54, 1.807) is 0 Å². The molecule has 0 N–H and O–H groups in total. The Kier molecular flexibility index (Phi) is 50.3. The van der Waals surface area contributed by atoms with E-state index in [9.17, 15) is 0 Å². The predicted molar refractivity (Wildman–Crippen MR) is 36.0 cm³/mol. The summed E-state index contributed by atoms with van der Waals surface area (Å²) in [5.41, 5.74) is 0. The summed E-state index contributed by atoms with van der Waals surface area (Å²) in [5.74, 6) is 0. The van der Waals surface area contributed by atoms with E-state index < -0.39 is 0 Å². The van der Waals surface area contributed by atoms with Gasteiger partial charge in [-0.25, -0.2) is 0 Å². The molecule has 0 saturated carbocycles. The van der Waals surface area contributed by atoms with Crippen molar-refractivity contribution in [3.63, 3.8) is 0 Å². The molecule has 0 atom stereocenters. The van der Waals surface area contributed by atoms with Crippen LogP contribution >= 0.6 is 0 Å². The Morgan fingerprint density at radius 1 is 1.00 bits per heavy atom. The van der Waals surface area contributed by atoms with Crippen LogP contribution in [0.3, 0.4) is 0 Å². The first-order chi connectivity index (χ1) is 5.24. The van der Waals surface area contributed by atoms with Gasteiger partial charge in [0.1, 0.15) is 0 Å². The van der Waals surface area contributed by atoms with Gasteiger partial charge in [-0.15, -0.1) is 6.42 Å². The van der Waals surface area contributed by atoms with Crippen molar-refractivity contribution < 1.29 is 40.7 Å². The van der Waals surface area contributed by atoms with Crippen LogP contribution in [0, 0.1) is 13.8 Å². The maximum absolute atomic E-state index is 8.57. The third-order valence-electron chi connectivity index (χ3n) is 0.500. The molecule has 0 aliphatic carbocycles. The quantitative estimate of drug-likeness (QED) is 0.531. The molecule has 2 nitrogen and oxygen atoms in total.